The van der Waals surface area contributed by atoms with Gasteiger partial charge in [0, 0.05) is 31.5 Å². The Balaban J connectivity index is 1.65. The van der Waals surface area contributed by atoms with Crippen molar-refractivity contribution in [2.24, 2.45) is 0 Å². The van der Waals surface area contributed by atoms with Crippen molar-refractivity contribution in [3.05, 3.63) is 53.1 Å². The molecule has 1 heterocycles. The summed E-state index contributed by atoms with van der Waals surface area (Å²) in [4.78, 5) is 26.1. The van der Waals surface area contributed by atoms with Crippen molar-refractivity contribution in [1.82, 2.24) is 9.62 Å². The highest BCUT2D eigenvalue weighted by molar-refractivity contribution is 7.89. The van der Waals surface area contributed by atoms with Crippen LogP contribution in [0, 0.1) is 0 Å². The van der Waals surface area contributed by atoms with Crippen LogP contribution >= 0.6 is 11.6 Å². The monoisotopic (exact) mass is 495 g/mol. The summed E-state index contributed by atoms with van der Waals surface area (Å²) in [6.45, 7) is 0.505. The predicted octanol–water partition coefficient (Wildman–Crippen LogP) is 2.52. The van der Waals surface area contributed by atoms with Gasteiger partial charge >= 0.3 is 0 Å². The van der Waals surface area contributed by atoms with Crippen molar-refractivity contribution in [2.45, 2.75) is 23.8 Å². The second-order valence-corrected chi connectivity index (χ2v) is 9.71. The molecule has 3 rings (SSSR count). The van der Waals surface area contributed by atoms with Crippen LogP contribution in [0.2, 0.25) is 5.02 Å². The number of ether oxygens (including phenoxy) is 2. The molecule has 1 fully saturated rings. The minimum atomic E-state index is -3.95. The van der Waals surface area contributed by atoms with Crippen LogP contribution in [0.3, 0.4) is 0 Å². The van der Waals surface area contributed by atoms with Crippen molar-refractivity contribution < 1.29 is 27.5 Å². The Hall–Kier alpha value is -2.66. The summed E-state index contributed by atoms with van der Waals surface area (Å²) in [6, 6.07) is 10.7. The first-order valence-corrected chi connectivity index (χ1v) is 12.2. The third kappa shape index (κ3) is 6.67. The molecule has 2 N–H and O–H groups in total. The second-order valence-electron chi connectivity index (χ2n) is 7.57. The van der Waals surface area contributed by atoms with E-state index in [1.807, 2.05) is 0 Å². The van der Waals surface area contributed by atoms with Gasteiger partial charge in [-0.2, -0.15) is 0 Å². The molecule has 1 unspecified atom stereocenters. The molecule has 9 nitrogen and oxygen atoms in total. The smallest absolute Gasteiger partial charge is 0.254 e. The van der Waals surface area contributed by atoms with Crippen LogP contribution in [0.4, 0.5) is 5.69 Å². The lowest BCUT2D eigenvalue weighted by molar-refractivity contribution is -0.116. The van der Waals surface area contributed by atoms with Crippen LogP contribution in [-0.4, -0.2) is 65.1 Å². The molecule has 1 aliphatic heterocycles. The normalized spacial score (nSPS) is 15.8. The maximum absolute atomic E-state index is 12.8. The van der Waals surface area contributed by atoms with Crippen molar-refractivity contribution in [1.29, 1.82) is 0 Å². The Labute approximate surface area is 198 Å². The average molecular weight is 496 g/mol. The van der Waals surface area contributed by atoms with Gasteiger partial charge in [0.15, 0.2) is 0 Å². The maximum atomic E-state index is 12.8. The molecule has 0 bridgehead atoms. The van der Waals surface area contributed by atoms with E-state index in [4.69, 9.17) is 21.1 Å². The van der Waals surface area contributed by atoms with Gasteiger partial charge in [0.2, 0.25) is 15.9 Å². The number of halogens is 1. The number of sulfonamides is 1. The molecule has 1 aliphatic rings. The Bertz CT molecular complexity index is 1100. The van der Waals surface area contributed by atoms with Crippen LogP contribution in [-0.2, 0) is 19.6 Å². The van der Waals surface area contributed by atoms with Gasteiger partial charge in [-0.15, -0.1) is 0 Å². The summed E-state index contributed by atoms with van der Waals surface area (Å²) < 4.78 is 38.5. The van der Waals surface area contributed by atoms with E-state index in [1.54, 1.807) is 31.4 Å². The minimum absolute atomic E-state index is 0.00806. The summed E-state index contributed by atoms with van der Waals surface area (Å²) >= 11 is 6.11. The lowest BCUT2D eigenvalue weighted by Gasteiger charge is -2.18. The van der Waals surface area contributed by atoms with Crippen LogP contribution in [0.15, 0.2) is 47.4 Å². The van der Waals surface area contributed by atoms with Crippen molar-refractivity contribution in [3.63, 3.8) is 0 Å². The number of amides is 2. The first-order valence-electron chi connectivity index (χ1n) is 10.3. The number of carbonyl (C=O) groups is 2. The number of methoxy groups -OCH3 is 1. The fourth-order valence-corrected chi connectivity index (χ4v) is 4.90. The van der Waals surface area contributed by atoms with E-state index < -0.39 is 21.8 Å². The molecule has 11 heteroatoms. The zero-order valence-corrected chi connectivity index (χ0v) is 19.9. The Morgan fingerprint density at radius 2 is 1.94 bits per heavy atom. The minimum Gasteiger partial charge on any atom is -0.497 e. The molecule has 178 valence electrons. The van der Waals surface area contributed by atoms with Crippen LogP contribution in [0.25, 0.3) is 0 Å². The van der Waals surface area contributed by atoms with Crippen molar-refractivity contribution in [3.8, 4) is 5.75 Å². The molecular formula is C22H26ClN3O6S. The zero-order chi connectivity index (χ0) is 24.0. The lowest BCUT2D eigenvalue weighted by Crippen LogP contribution is -2.35. The first-order chi connectivity index (χ1) is 15.7. The molecule has 2 aromatic carbocycles. The summed E-state index contributed by atoms with van der Waals surface area (Å²) in [6.07, 6.45) is 1.48. The largest absolute Gasteiger partial charge is 0.497 e. The number of nitrogens with zero attached hydrogens (tertiary/aromatic N) is 1. The molecule has 0 aromatic heterocycles. The highest BCUT2D eigenvalue weighted by atomic mass is 35.5. The second kappa shape index (κ2) is 11.0. The molecule has 1 atom stereocenters. The van der Waals surface area contributed by atoms with Gasteiger partial charge in [-0.3, -0.25) is 9.59 Å². The molecule has 0 spiro atoms. The Morgan fingerprint density at radius 1 is 1.21 bits per heavy atom. The van der Waals surface area contributed by atoms with E-state index in [0.29, 0.717) is 18.0 Å². The van der Waals surface area contributed by atoms with Gasteiger partial charge in [0.05, 0.1) is 24.8 Å². The fourth-order valence-electron chi connectivity index (χ4n) is 3.31. The zero-order valence-electron chi connectivity index (χ0n) is 18.3. The van der Waals surface area contributed by atoms with E-state index in [1.165, 1.54) is 30.1 Å². The molecular weight excluding hydrogens is 470 g/mol. The van der Waals surface area contributed by atoms with Crippen LogP contribution in [0.1, 0.15) is 23.2 Å². The molecule has 0 aliphatic carbocycles. The van der Waals surface area contributed by atoms with Crippen LogP contribution < -0.4 is 14.8 Å². The van der Waals surface area contributed by atoms with Gasteiger partial charge in [0.25, 0.3) is 5.91 Å². The molecule has 0 radical (unpaired) electrons. The lowest BCUT2D eigenvalue weighted by atomic mass is 10.2. The SMILES string of the molecule is COc1ccc(NC(=O)CN(C)C(=O)c2ccc(Cl)c(S(=O)(=O)NCC3CCCO3)c2)cc1. The number of benzene rings is 2. The molecule has 33 heavy (non-hydrogen) atoms. The maximum Gasteiger partial charge on any atom is 0.254 e. The Morgan fingerprint density at radius 3 is 2.58 bits per heavy atom. The summed E-state index contributed by atoms with van der Waals surface area (Å²) in [5.74, 6) is -0.276. The van der Waals surface area contributed by atoms with Gasteiger partial charge in [0.1, 0.15) is 10.6 Å². The third-order valence-corrected chi connectivity index (χ3v) is 7.00. The van der Waals surface area contributed by atoms with E-state index in [0.717, 1.165) is 12.8 Å². The van der Waals surface area contributed by atoms with Gasteiger partial charge in [-0.05, 0) is 55.3 Å². The number of rotatable bonds is 9. The number of hydrogen-bond acceptors (Lipinski definition) is 6. The molecule has 2 amide bonds. The van der Waals surface area contributed by atoms with E-state index >= 15 is 0 Å². The van der Waals surface area contributed by atoms with Gasteiger partial charge < -0.3 is 19.7 Å². The summed E-state index contributed by atoms with van der Waals surface area (Å²) in [5.41, 5.74) is 0.649. The quantitative estimate of drug-likeness (QED) is 0.552. The van der Waals surface area contributed by atoms with Crippen molar-refractivity contribution >= 4 is 39.1 Å². The first kappa shape index (κ1) is 25.0. The third-order valence-electron chi connectivity index (χ3n) is 5.09. The molecule has 1 saturated heterocycles. The number of anilines is 1. The van der Waals surface area contributed by atoms with Gasteiger partial charge in [-0.1, -0.05) is 11.6 Å². The average Bonchev–Trinajstić information content (AvgIpc) is 3.32. The van der Waals surface area contributed by atoms with Crippen molar-refractivity contribution in [2.75, 3.05) is 39.2 Å². The van der Waals surface area contributed by atoms with E-state index in [9.17, 15) is 18.0 Å². The number of hydrogen-bond donors (Lipinski definition) is 2. The Kier molecular flexibility index (Phi) is 8.30. The highest BCUT2D eigenvalue weighted by Crippen LogP contribution is 2.24. The predicted molar refractivity (Wildman–Crippen MR) is 124 cm³/mol. The standard InChI is InChI=1S/C22H26ClN3O6S/c1-26(14-21(27)25-16-6-8-17(31-2)9-7-16)22(28)15-5-10-19(23)20(12-15)33(29,30)24-13-18-4-3-11-32-18/h5-10,12,18,24H,3-4,11,13-14H2,1-2H3,(H,25,27). The molecule has 2 aromatic rings. The fraction of sp³-hybridized carbons (Fsp3) is 0.364. The number of carbonyl (C=O) groups excluding carboxylic acids is 2. The van der Waals surface area contributed by atoms with E-state index in [-0.39, 0.29) is 34.7 Å². The topological polar surface area (TPSA) is 114 Å². The molecule has 0 saturated carbocycles. The highest BCUT2D eigenvalue weighted by Gasteiger charge is 2.24. The number of nitrogens with one attached hydrogen (secondary N) is 2. The number of likely N-dealkylation sites (N-methyl/N-ethyl adjacent to an activating group) is 1. The van der Waals surface area contributed by atoms with Gasteiger partial charge in [-0.25, -0.2) is 13.1 Å². The summed E-state index contributed by atoms with van der Waals surface area (Å²) in [7, 11) is -0.956. The van der Waals surface area contributed by atoms with Crippen LogP contribution in [0.5, 0.6) is 5.75 Å². The van der Waals surface area contributed by atoms with E-state index in [2.05, 4.69) is 10.0 Å². The summed E-state index contributed by atoms with van der Waals surface area (Å²) in [5, 5.41) is 2.68.